The van der Waals surface area contributed by atoms with Crippen LogP contribution in [0.5, 0.6) is 0 Å². The van der Waals surface area contributed by atoms with E-state index in [1.807, 2.05) is 12.1 Å². The van der Waals surface area contributed by atoms with Gasteiger partial charge in [0.05, 0.1) is 16.5 Å². The Bertz CT molecular complexity index is 780. The van der Waals surface area contributed by atoms with Crippen LogP contribution in [-0.4, -0.2) is 15.8 Å². The van der Waals surface area contributed by atoms with Crippen molar-refractivity contribution < 1.29 is 9.90 Å². The number of nitrogens with one attached hydrogen (secondary N) is 1. The first-order valence-corrected chi connectivity index (χ1v) is 7.20. The summed E-state index contributed by atoms with van der Waals surface area (Å²) in [5.41, 5.74) is 0.536. The van der Waals surface area contributed by atoms with Crippen LogP contribution in [0.4, 0.5) is 4.79 Å². The van der Waals surface area contributed by atoms with E-state index in [0.29, 0.717) is 16.1 Å². The fraction of sp³-hybridized carbons (Fsp3) is 0.333. The molecule has 21 heavy (non-hydrogen) atoms. The number of aromatic nitrogens is 1. The summed E-state index contributed by atoms with van der Waals surface area (Å²) in [6, 6.07) is 6.83. The lowest BCUT2D eigenvalue weighted by molar-refractivity contribution is 0.190. The van der Waals surface area contributed by atoms with Gasteiger partial charge in [-0.1, -0.05) is 23.7 Å². The van der Waals surface area contributed by atoms with Crippen LogP contribution in [0.1, 0.15) is 37.5 Å². The van der Waals surface area contributed by atoms with E-state index in [1.54, 1.807) is 23.6 Å². The van der Waals surface area contributed by atoms with Crippen LogP contribution in [-0.2, 0) is 0 Å². The highest BCUT2D eigenvalue weighted by atomic mass is 35.5. The molecule has 0 spiro atoms. The molecule has 1 aromatic carbocycles. The zero-order valence-corrected chi connectivity index (χ0v) is 12.2. The number of amides is 1. The van der Waals surface area contributed by atoms with Crippen molar-refractivity contribution in [3.05, 3.63) is 45.3 Å². The summed E-state index contributed by atoms with van der Waals surface area (Å²) < 4.78 is 1.69. The van der Waals surface area contributed by atoms with Crippen LogP contribution in [0.3, 0.4) is 0 Å². The van der Waals surface area contributed by atoms with Crippen molar-refractivity contribution in [1.82, 2.24) is 9.88 Å². The monoisotopic (exact) mass is 306 g/mol. The number of halogens is 1. The van der Waals surface area contributed by atoms with Crippen molar-refractivity contribution in [1.29, 1.82) is 0 Å². The molecule has 1 fully saturated rings. The van der Waals surface area contributed by atoms with Crippen LogP contribution >= 0.6 is 11.6 Å². The SMILES string of the molecule is C[C@H](NC(=O)O)c1cc2cccc(Cl)c2c(=O)n1C1CC1. The lowest BCUT2D eigenvalue weighted by Crippen LogP contribution is -2.31. The van der Waals surface area contributed by atoms with Gasteiger partial charge in [0.1, 0.15) is 0 Å². The number of carboxylic acid groups (broad SMARTS) is 1. The predicted octanol–water partition coefficient (Wildman–Crippen LogP) is 3.32. The molecule has 1 saturated carbocycles. The number of hydrogen-bond donors (Lipinski definition) is 2. The molecule has 1 aliphatic rings. The molecule has 0 radical (unpaired) electrons. The number of rotatable bonds is 3. The van der Waals surface area contributed by atoms with Gasteiger partial charge in [0.15, 0.2) is 0 Å². The first kappa shape index (κ1) is 13.9. The van der Waals surface area contributed by atoms with E-state index in [4.69, 9.17) is 16.7 Å². The maximum absolute atomic E-state index is 12.7. The number of nitrogens with zero attached hydrogens (tertiary/aromatic N) is 1. The van der Waals surface area contributed by atoms with Gasteiger partial charge in [-0.15, -0.1) is 0 Å². The number of pyridine rings is 1. The Morgan fingerprint density at radius 2 is 2.19 bits per heavy atom. The summed E-state index contributed by atoms with van der Waals surface area (Å²) in [5.74, 6) is 0. The highest BCUT2D eigenvalue weighted by Gasteiger charge is 2.29. The molecular formula is C15H15ClN2O3. The van der Waals surface area contributed by atoms with Crippen LogP contribution in [0.25, 0.3) is 10.8 Å². The average molecular weight is 307 g/mol. The first-order valence-electron chi connectivity index (χ1n) is 6.82. The van der Waals surface area contributed by atoms with Gasteiger partial charge in [0, 0.05) is 11.7 Å². The molecule has 3 rings (SSSR count). The van der Waals surface area contributed by atoms with Gasteiger partial charge in [-0.3, -0.25) is 4.79 Å². The lowest BCUT2D eigenvalue weighted by Gasteiger charge is -2.19. The number of hydrogen-bond acceptors (Lipinski definition) is 2. The summed E-state index contributed by atoms with van der Waals surface area (Å²) >= 11 is 6.15. The van der Waals surface area contributed by atoms with Crippen LogP contribution < -0.4 is 10.9 Å². The van der Waals surface area contributed by atoms with Crippen molar-refractivity contribution >= 4 is 28.5 Å². The second-order valence-electron chi connectivity index (χ2n) is 5.35. The maximum atomic E-state index is 12.7. The van der Waals surface area contributed by atoms with Crippen molar-refractivity contribution in [2.75, 3.05) is 0 Å². The van der Waals surface area contributed by atoms with E-state index in [0.717, 1.165) is 18.2 Å². The third kappa shape index (κ3) is 2.49. The Morgan fingerprint density at radius 1 is 1.48 bits per heavy atom. The summed E-state index contributed by atoms with van der Waals surface area (Å²) in [6.45, 7) is 1.73. The number of carbonyl (C=O) groups is 1. The Hall–Kier alpha value is -2.01. The van der Waals surface area contributed by atoms with E-state index in [2.05, 4.69) is 5.32 Å². The third-order valence-electron chi connectivity index (χ3n) is 3.76. The Labute approximate surface area is 126 Å². The zero-order chi connectivity index (χ0) is 15.1. The minimum atomic E-state index is -1.11. The van der Waals surface area contributed by atoms with Gasteiger partial charge in [0.25, 0.3) is 5.56 Å². The standard InChI is InChI=1S/C15H15ClN2O3/c1-8(17-15(20)21)12-7-9-3-2-4-11(16)13(9)14(19)18(12)10-5-6-10/h2-4,7-8,10,17H,5-6H2,1H3,(H,20,21)/t8-/m0/s1. The molecule has 6 heteroatoms. The minimum Gasteiger partial charge on any atom is -0.465 e. The summed E-state index contributed by atoms with van der Waals surface area (Å²) in [4.78, 5) is 23.6. The molecule has 1 aromatic heterocycles. The second-order valence-corrected chi connectivity index (χ2v) is 5.76. The topological polar surface area (TPSA) is 71.3 Å². The van der Waals surface area contributed by atoms with E-state index in [1.165, 1.54) is 0 Å². The molecule has 1 aliphatic carbocycles. The lowest BCUT2D eigenvalue weighted by atomic mass is 10.1. The van der Waals surface area contributed by atoms with Gasteiger partial charge in [-0.2, -0.15) is 0 Å². The molecule has 0 aliphatic heterocycles. The molecule has 0 unspecified atom stereocenters. The molecule has 2 aromatic rings. The largest absolute Gasteiger partial charge is 0.465 e. The third-order valence-corrected chi connectivity index (χ3v) is 4.07. The highest BCUT2D eigenvalue weighted by molar-refractivity contribution is 6.35. The molecule has 0 saturated heterocycles. The molecular weight excluding hydrogens is 292 g/mol. The van der Waals surface area contributed by atoms with Crippen molar-refractivity contribution in [2.24, 2.45) is 0 Å². The van der Waals surface area contributed by atoms with E-state index < -0.39 is 12.1 Å². The fourth-order valence-corrected chi connectivity index (χ4v) is 2.92. The van der Waals surface area contributed by atoms with Gasteiger partial charge >= 0.3 is 6.09 Å². The molecule has 2 N–H and O–H groups in total. The minimum absolute atomic E-state index is 0.144. The molecule has 0 bridgehead atoms. The highest BCUT2D eigenvalue weighted by Crippen LogP contribution is 2.37. The van der Waals surface area contributed by atoms with Crippen LogP contribution in [0, 0.1) is 0 Å². The van der Waals surface area contributed by atoms with E-state index in [9.17, 15) is 9.59 Å². The Morgan fingerprint density at radius 3 is 2.81 bits per heavy atom. The number of benzene rings is 1. The van der Waals surface area contributed by atoms with Gasteiger partial charge < -0.3 is 15.0 Å². The zero-order valence-electron chi connectivity index (χ0n) is 11.5. The molecule has 5 nitrogen and oxygen atoms in total. The van der Waals surface area contributed by atoms with Crippen molar-refractivity contribution in [3.63, 3.8) is 0 Å². The molecule has 1 heterocycles. The van der Waals surface area contributed by atoms with E-state index in [-0.39, 0.29) is 11.6 Å². The van der Waals surface area contributed by atoms with Crippen LogP contribution in [0.2, 0.25) is 5.02 Å². The predicted molar refractivity (Wildman–Crippen MR) is 81.1 cm³/mol. The summed E-state index contributed by atoms with van der Waals surface area (Å²) in [6.07, 6.45) is 0.759. The van der Waals surface area contributed by atoms with Gasteiger partial charge in [-0.25, -0.2) is 4.79 Å². The Balaban J connectivity index is 2.26. The van der Waals surface area contributed by atoms with E-state index >= 15 is 0 Å². The molecule has 1 atom stereocenters. The number of fused-ring (bicyclic) bond motifs is 1. The maximum Gasteiger partial charge on any atom is 0.405 e. The smallest absolute Gasteiger partial charge is 0.405 e. The fourth-order valence-electron chi connectivity index (χ4n) is 2.66. The Kier molecular flexibility index (Phi) is 3.37. The summed E-state index contributed by atoms with van der Waals surface area (Å²) in [5, 5.41) is 13.0. The van der Waals surface area contributed by atoms with Gasteiger partial charge in [-0.05, 0) is 37.3 Å². The summed E-state index contributed by atoms with van der Waals surface area (Å²) in [7, 11) is 0. The van der Waals surface area contributed by atoms with Gasteiger partial charge in [0.2, 0.25) is 0 Å². The second kappa shape index (κ2) is 5.07. The molecule has 1 amide bonds. The van der Waals surface area contributed by atoms with Crippen molar-refractivity contribution in [2.45, 2.75) is 31.8 Å². The quantitative estimate of drug-likeness (QED) is 0.913. The average Bonchev–Trinajstić information content (AvgIpc) is 3.21. The normalized spacial score (nSPS) is 15.9. The van der Waals surface area contributed by atoms with Crippen molar-refractivity contribution in [3.8, 4) is 0 Å². The first-order chi connectivity index (χ1) is 9.99. The van der Waals surface area contributed by atoms with Crippen LogP contribution in [0.15, 0.2) is 29.1 Å². The molecule has 110 valence electrons.